The molecular formula is C19H20N4O. The van der Waals surface area contributed by atoms with Gasteiger partial charge in [-0.25, -0.2) is 0 Å². The van der Waals surface area contributed by atoms with Crippen LogP contribution in [0.25, 0.3) is 0 Å². The second kappa shape index (κ2) is 7.14. The smallest absolute Gasteiger partial charge is 0.272 e. The molecule has 5 heteroatoms. The summed E-state index contributed by atoms with van der Waals surface area (Å²) in [7, 11) is 0. The van der Waals surface area contributed by atoms with Crippen LogP contribution in [0.3, 0.4) is 0 Å². The lowest BCUT2D eigenvalue weighted by atomic mass is 9.99. The first-order valence-corrected chi connectivity index (χ1v) is 8.18. The second-order valence-corrected chi connectivity index (χ2v) is 6.22. The van der Waals surface area contributed by atoms with E-state index in [-0.39, 0.29) is 5.91 Å². The van der Waals surface area contributed by atoms with E-state index in [1.54, 1.807) is 24.4 Å². The number of hydrogen-bond acceptors (Lipinski definition) is 4. The van der Waals surface area contributed by atoms with Crippen LogP contribution in [0.4, 0.5) is 11.4 Å². The number of carbonyl (C=O) groups excluding carboxylic acids is 1. The fraction of sp³-hybridized carbons (Fsp3) is 0.316. The number of anilines is 2. The maximum absolute atomic E-state index is 12.6. The van der Waals surface area contributed by atoms with Crippen molar-refractivity contribution in [2.45, 2.75) is 19.8 Å². The second-order valence-electron chi connectivity index (χ2n) is 6.22. The average Bonchev–Trinajstić information content (AvgIpc) is 2.62. The fourth-order valence-corrected chi connectivity index (χ4v) is 2.83. The third-order valence-corrected chi connectivity index (χ3v) is 4.33. The minimum Gasteiger partial charge on any atom is -0.355 e. The Labute approximate surface area is 141 Å². The normalized spacial score (nSPS) is 14.9. The van der Waals surface area contributed by atoms with Crippen LogP contribution in [-0.4, -0.2) is 28.9 Å². The highest BCUT2D eigenvalue weighted by molar-refractivity contribution is 5.93. The average molecular weight is 320 g/mol. The maximum Gasteiger partial charge on any atom is 0.272 e. The largest absolute Gasteiger partial charge is 0.355 e. The monoisotopic (exact) mass is 320 g/mol. The highest BCUT2D eigenvalue weighted by Crippen LogP contribution is 2.21. The Hall–Kier alpha value is -2.87. The number of piperidine rings is 1. The number of likely N-dealkylation sites (tertiary alicyclic amines) is 1. The van der Waals surface area contributed by atoms with Crippen molar-refractivity contribution in [2.24, 2.45) is 5.92 Å². The summed E-state index contributed by atoms with van der Waals surface area (Å²) in [6.45, 7) is 3.81. The van der Waals surface area contributed by atoms with Gasteiger partial charge in [-0.1, -0.05) is 13.0 Å². The van der Waals surface area contributed by atoms with Crippen LogP contribution in [-0.2, 0) is 0 Å². The Morgan fingerprint density at radius 1 is 1.25 bits per heavy atom. The number of hydrogen-bond donors (Lipinski definition) is 1. The molecule has 1 saturated heterocycles. The highest BCUT2D eigenvalue weighted by Gasteiger charge is 2.22. The number of nitriles is 1. The fourth-order valence-electron chi connectivity index (χ4n) is 2.83. The van der Waals surface area contributed by atoms with E-state index in [1.165, 1.54) is 0 Å². The SMILES string of the molecule is CC1CCN(C(=O)c2cc(Nc3cccc(C#N)c3)ccn2)CC1. The summed E-state index contributed by atoms with van der Waals surface area (Å²) in [6.07, 6.45) is 3.73. The Bertz CT molecular complexity index is 773. The summed E-state index contributed by atoms with van der Waals surface area (Å²) in [5, 5.41) is 12.2. The molecule has 3 rings (SSSR count). The summed E-state index contributed by atoms with van der Waals surface area (Å²) in [5.41, 5.74) is 2.64. The van der Waals surface area contributed by atoms with E-state index in [0.717, 1.165) is 37.3 Å². The zero-order chi connectivity index (χ0) is 16.9. The Morgan fingerprint density at radius 2 is 2.00 bits per heavy atom. The summed E-state index contributed by atoms with van der Waals surface area (Å²) < 4.78 is 0. The van der Waals surface area contributed by atoms with Crippen molar-refractivity contribution in [2.75, 3.05) is 18.4 Å². The van der Waals surface area contributed by atoms with Gasteiger partial charge in [0, 0.05) is 30.7 Å². The molecule has 1 amide bonds. The van der Waals surface area contributed by atoms with E-state index >= 15 is 0 Å². The minimum absolute atomic E-state index is 0.0173. The van der Waals surface area contributed by atoms with Gasteiger partial charge in [0.2, 0.25) is 0 Å². The standard InChI is InChI=1S/C19H20N4O/c1-14-6-9-23(10-7-14)19(24)18-12-17(5-8-21-18)22-16-4-2-3-15(11-16)13-20/h2-5,8,11-12,14H,6-7,9-10H2,1H3,(H,21,22). The molecule has 2 aromatic rings. The lowest BCUT2D eigenvalue weighted by molar-refractivity contribution is 0.0691. The molecule has 2 heterocycles. The number of pyridine rings is 1. The molecule has 1 fully saturated rings. The van der Waals surface area contributed by atoms with Crippen molar-refractivity contribution in [1.29, 1.82) is 5.26 Å². The van der Waals surface area contributed by atoms with E-state index in [4.69, 9.17) is 5.26 Å². The molecule has 1 N–H and O–H groups in total. The number of amides is 1. The predicted octanol–water partition coefficient (Wildman–Crippen LogP) is 3.57. The lowest BCUT2D eigenvalue weighted by Crippen LogP contribution is -2.38. The minimum atomic E-state index is -0.0173. The molecule has 5 nitrogen and oxygen atoms in total. The Kier molecular flexibility index (Phi) is 4.76. The zero-order valence-electron chi connectivity index (χ0n) is 13.7. The summed E-state index contributed by atoms with van der Waals surface area (Å²) in [4.78, 5) is 18.7. The molecule has 0 saturated carbocycles. The highest BCUT2D eigenvalue weighted by atomic mass is 16.2. The lowest BCUT2D eigenvalue weighted by Gasteiger charge is -2.30. The third-order valence-electron chi connectivity index (χ3n) is 4.33. The van der Waals surface area contributed by atoms with Crippen LogP contribution >= 0.6 is 0 Å². The Morgan fingerprint density at radius 3 is 2.75 bits per heavy atom. The first-order chi connectivity index (χ1) is 11.7. The number of nitrogens with zero attached hydrogens (tertiary/aromatic N) is 3. The van der Waals surface area contributed by atoms with Crippen LogP contribution < -0.4 is 5.32 Å². The van der Waals surface area contributed by atoms with E-state index in [2.05, 4.69) is 23.3 Å². The van der Waals surface area contributed by atoms with Crippen molar-refractivity contribution in [1.82, 2.24) is 9.88 Å². The topological polar surface area (TPSA) is 69.0 Å². The number of aromatic nitrogens is 1. The van der Waals surface area contributed by atoms with Gasteiger partial charge in [0.15, 0.2) is 0 Å². The number of benzene rings is 1. The van der Waals surface area contributed by atoms with Gasteiger partial charge in [0.25, 0.3) is 5.91 Å². The molecule has 1 aromatic heterocycles. The Balaban J connectivity index is 1.74. The summed E-state index contributed by atoms with van der Waals surface area (Å²) >= 11 is 0. The molecular weight excluding hydrogens is 300 g/mol. The zero-order valence-corrected chi connectivity index (χ0v) is 13.7. The van der Waals surface area contributed by atoms with Gasteiger partial charge < -0.3 is 10.2 Å². The van der Waals surface area contributed by atoms with Gasteiger partial charge in [0.1, 0.15) is 5.69 Å². The molecule has 122 valence electrons. The van der Waals surface area contributed by atoms with E-state index in [0.29, 0.717) is 17.2 Å². The number of carbonyl (C=O) groups is 1. The summed E-state index contributed by atoms with van der Waals surface area (Å²) in [6, 6.07) is 12.9. The molecule has 0 bridgehead atoms. The molecule has 0 radical (unpaired) electrons. The number of nitrogens with one attached hydrogen (secondary N) is 1. The van der Waals surface area contributed by atoms with Gasteiger partial charge in [-0.15, -0.1) is 0 Å². The predicted molar refractivity (Wildman–Crippen MR) is 93.0 cm³/mol. The number of rotatable bonds is 3. The van der Waals surface area contributed by atoms with Crippen molar-refractivity contribution < 1.29 is 4.79 Å². The van der Waals surface area contributed by atoms with Crippen molar-refractivity contribution >= 4 is 17.3 Å². The van der Waals surface area contributed by atoms with Crippen LogP contribution in [0, 0.1) is 17.2 Å². The quantitative estimate of drug-likeness (QED) is 0.938. The van der Waals surface area contributed by atoms with Gasteiger partial charge >= 0.3 is 0 Å². The van der Waals surface area contributed by atoms with Crippen molar-refractivity contribution in [3.63, 3.8) is 0 Å². The van der Waals surface area contributed by atoms with Gasteiger partial charge in [-0.2, -0.15) is 5.26 Å². The molecule has 0 atom stereocenters. The van der Waals surface area contributed by atoms with E-state index in [1.807, 2.05) is 23.1 Å². The van der Waals surface area contributed by atoms with E-state index in [9.17, 15) is 4.79 Å². The molecule has 0 unspecified atom stereocenters. The molecule has 1 aromatic carbocycles. The van der Waals surface area contributed by atoms with Crippen LogP contribution in [0.2, 0.25) is 0 Å². The molecule has 24 heavy (non-hydrogen) atoms. The van der Waals surface area contributed by atoms with Crippen LogP contribution in [0.5, 0.6) is 0 Å². The van der Waals surface area contributed by atoms with Gasteiger partial charge in [-0.3, -0.25) is 9.78 Å². The first kappa shape index (κ1) is 16.0. The third kappa shape index (κ3) is 3.72. The van der Waals surface area contributed by atoms with E-state index < -0.39 is 0 Å². The van der Waals surface area contributed by atoms with Crippen LogP contribution in [0.15, 0.2) is 42.6 Å². The molecule has 1 aliphatic heterocycles. The van der Waals surface area contributed by atoms with Crippen LogP contribution in [0.1, 0.15) is 35.8 Å². The molecule has 0 spiro atoms. The van der Waals surface area contributed by atoms with Gasteiger partial charge in [-0.05, 0) is 49.1 Å². The van der Waals surface area contributed by atoms with Gasteiger partial charge in [0.05, 0.1) is 11.6 Å². The maximum atomic E-state index is 12.6. The summed E-state index contributed by atoms with van der Waals surface area (Å²) in [5.74, 6) is 0.666. The molecule has 0 aliphatic carbocycles. The van der Waals surface area contributed by atoms with Crippen molar-refractivity contribution in [3.05, 3.63) is 53.9 Å². The first-order valence-electron chi connectivity index (χ1n) is 8.18. The molecule has 1 aliphatic rings. The van der Waals surface area contributed by atoms with Crippen molar-refractivity contribution in [3.8, 4) is 6.07 Å².